The first kappa shape index (κ1) is 16.8. The van der Waals surface area contributed by atoms with Gasteiger partial charge < -0.3 is 15.0 Å². The van der Waals surface area contributed by atoms with E-state index in [9.17, 15) is 0 Å². The van der Waals surface area contributed by atoms with Gasteiger partial charge in [0.2, 0.25) is 0 Å². The van der Waals surface area contributed by atoms with Gasteiger partial charge in [-0.2, -0.15) is 0 Å². The predicted molar refractivity (Wildman–Crippen MR) is 87.9 cm³/mol. The van der Waals surface area contributed by atoms with E-state index < -0.39 is 0 Å². The Balaban J connectivity index is 2.08. The van der Waals surface area contributed by atoms with E-state index in [2.05, 4.69) is 36.3 Å². The second kappa shape index (κ2) is 10.6. The first-order valence-corrected chi connectivity index (χ1v) is 7.84. The molecule has 0 unspecified atom stereocenters. The molecule has 0 atom stereocenters. The summed E-state index contributed by atoms with van der Waals surface area (Å²) in [4.78, 5) is 2.31. The molecule has 0 spiro atoms. The van der Waals surface area contributed by atoms with E-state index in [0.29, 0.717) is 0 Å². The number of hydrogen-bond donors (Lipinski definition) is 1. The van der Waals surface area contributed by atoms with E-state index in [1.807, 2.05) is 12.1 Å². The Hall–Kier alpha value is -1.22. The molecule has 0 saturated carbocycles. The highest BCUT2D eigenvalue weighted by Crippen LogP contribution is 2.18. The van der Waals surface area contributed by atoms with Gasteiger partial charge in [0, 0.05) is 19.3 Å². The van der Waals surface area contributed by atoms with E-state index in [0.717, 1.165) is 18.8 Å². The quantitative estimate of drug-likeness (QED) is 0.625. The molecule has 3 heteroatoms. The summed E-state index contributed by atoms with van der Waals surface area (Å²) in [5.41, 5.74) is 1.26. The molecule has 0 saturated heterocycles. The standard InChI is InChI=1S/C17H30N2O/c1-4-13-18-14-7-5-6-8-15-19(2)16-9-11-17(20-3)12-10-16/h9-12,18H,4-8,13-15H2,1-3H3. The Morgan fingerprint density at radius 2 is 1.70 bits per heavy atom. The van der Waals surface area contributed by atoms with Crippen LogP contribution in [-0.4, -0.2) is 33.8 Å². The van der Waals surface area contributed by atoms with Crippen LogP contribution in [0, 0.1) is 0 Å². The van der Waals surface area contributed by atoms with E-state index in [1.165, 1.54) is 44.3 Å². The maximum Gasteiger partial charge on any atom is 0.119 e. The topological polar surface area (TPSA) is 24.5 Å². The molecule has 0 aliphatic heterocycles. The molecule has 1 aromatic carbocycles. The van der Waals surface area contributed by atoms with Gasteiger partial charge in [-0.1, -0.05) is 19.8 Å². The van der Waals surface area contributed by atoms with E-state index in [-0.39, 0.29) is 0 Å². The Labute approximate surface area is 124 Å². The molecule has 1 N–H and O–H groups in total. The molecule has 0 aromatic heterocycles. The van der Waals surface area contributed by atoms with Crippen LogP contribution in [0.25, 0.3) is 0 Å². The van der Waals surface area contributed by atoms with Crippen molar-refractivity contribution in [3.05, 3.63) is 24.3 Å². The summed E-state index contributed by atoms with van der Waals surface area (Å²) in [5, 5.41) is 3.45. The van der Waals surface area contributed by atoms with Crippen LogP contribution >= 0.6 is 0 Å². The lowest BCUT2D eigenvalue weighted by Crippen LogP contribution is -2.18. The number of ether oxygens (including phenoxy) is 1. The van der Waals surface area contributed by atoms with Gasteiger partial charge in [-0.3, -0.25) is 0 Å². The minimum atomic E-state index is 0.918. The van der Waals surface area contributed by atoms with Crippen LogP contribution in [0.2, 0.25) is 0 Å². The molecule has 1 aromatic rings. The molecular weight excluding hydrogens is 248 g/mol. The minimum absolute atomic E-state index is 0.918. The number of anilines is 1. The lowest BCUT2D eigenvalue weighted by Gasteiger charge is -2.19. The van der Waals surface area contributed by atoms with Gasteiger partial charge in [0.15, 0.2) is 0 Å². The van der Waals surface area contributed by atoms with Gasteiger partial charge >= 0.3 is 0 Å². The maximum absolute atomic E-state index is 5.18. The van der Waals surface area contributed by atoms with Gasteiger partial charge in [0.05, 0.1) is 7.11 Å². The third-order valence-electron chi connectivity index (χ3n) is 3.54. The zero-order chi connectivity index (χ0) is 14.6. The van der Waals surface area contributed by atoms with Crippen molar-refractivity contribution in [3.8, 4) is 5.75 Å². The number of hydrogen-bond acceptors (Lipinski definition) is 3. The van der Waals surface area contributed by atoms with Crippen LogP contribution in [0.5, 0.6) is 5.75 Å². The Kier molecular flexibility index (Phi) is 8.88. The second-order valence-corrected chi connectivity index (χ2v) is 5.28. The van der Waals surface area contributed by atoms with Crippen molar-refractivity contribution in [2.45, 2.75) is 39.0 Å². The third kappa shape index (κ3) is 6.80. The molecular formula is C17H30N2O. The molecule has 1 rings (SSSR count). The molecule has 0 heterocycles. The summed E-state index contributed by atoms with van der Waals surface area (Å²) in [5.74, 6) is 0.918. The number of nitrogens with one attached hydrogen (secondary N) is 1. The van der Waals surface area contributed by atoms with Crippen molar-refractivity contribution >= 4 is 5.69 Å². The largest absolute Gasteiger partial charge is 0.497 e. The molecule has 0 amide bonds. The highest BCUT2D eigenvalue weighted by Gasteiger charge is 2.00. The molecule has 3 nitrogen and oxygen atoms in total. The third-order valence-corrected chi connectivity index (χ3v) is 3.54. The van der Waals surface area contributed by atoms with Crippen molar-refractivity contribution < 1.29 is 4.74 Å². The average molecular weight is 278 g/mol. The molecule has 0 fully saturated rings. The van der Waals surface area contributed by atoms with Crippen LogP contribution in [0.3, 0.4) is 0 Å². The first-order valence-electron chi connectivity index (χ1n) is 7.84. The number of methoxy groups -OCH3 is 1. The van der Waals surface area contributed by atoms with Crippen molar-refractivity contribution in [3.63, 3.8) is 0 Å². The van der Waals surface area contributed by atoms with Crippen LogP contribution in [0.4, 0.5) is 5.69 Å². The monoisotopic (exact) mass is 278 g/mol. The normalized spacial score (nSPS) is 10.6. The van der Waals surface area contributed by atoms with Crippen molar-refractivity contribution in [1.29, 1.82) is 0 Å². The van der Waals surface area contributed by atoms with E-state index >= 15 is 0 Å². The van der Waals surface area contributed by atoms with Gasteiger partial charge in [-0.25, -0.2) is 0 Å². The summed E-state index contributed by atoms with van der Waals surface area (Å²) in [6.45, 7) is 5.65. The highest BCUT2D eigenvalue weighted by molar-refractivity contribution is 5.48. The fourth-order valence-electron chi connectivity index (χ4n) is 2.22. The van der Waals surface area contributed by atoms with Crippen molar-refractivity contribution in [2.75, 3.05) is 38.7 Å². The summed E-state index contributed by atoms with van der Waals surface area (Å²) in [6, 6.07) is 8.28. The minimum Gasteiger partial charge on any atom is -0.497 e. The Morgan fingerprint density at radius 1 is 1.00 bits per heavy atom. The van der Waals surface area contributed by atoms with Crippen LogP contribution in [0.15, 0.2) is 24.3 Å². The molecule has 0 aliphatic carbocycles. The molecule has 0 aliphatic rings. The van der Waals surface area contributed by atoms with Crippen molar-refractivity contribution in [1.82, 2.24) is 5.32 Å². The number of nitrogens with zero attached hydrogens (tertiary/aromatic N) is 1. The summed E-state index contributed by atoms with van der Waals surface area (Å²) < 4.78 is 5.18. The van der Waals surface area contributed by atoms with E-state index in [4.69, 9.17) is 4.74 Å². The predicted octanol–water partition coefficient (Wildman–Crippen LogP) is 3.69. The number of unbranched alkanes of at least 4 members (excludes halogenated alkanes) is 3. The molecule has 20 heavy (non-hydrogen) atoms. The zero-order valence-corrected chi connectivity index (χ0v) is 13.3. The van der Waals surface area contributed by atoms with Crippen LogP contribution in [-0.2, 0) is 0 Å². The molecule has 0 bridgehead atoms. The average Bonchev–Trinajstić information content (AvgIpc) is 2.50. The Morgan fingerprint density at radius 3 is 2.35 bits per heavy atom. The van der Waals surface area contributed by atoms with Crippen LogP contribution < -0.4 is 15.0 Å². The number of rotatable bonds is 11. The first-order chi connectivity index (χ1) is 9.77. The lowest BCUT2D eigenvalue weighted by atomic mass is 10.2. The fraction of sp³-hybridized carbons (Fsp3) is 0.647. The lowest BCUT2D eigenvalue weighted by molar-refractivity contribution is 0.415. The molecule has 0 radical (unpaired) electrons. The summed E-state index contributed by atoms with van der Waals surface area (Å²) in [7, 11) is 3.86. The van der Waals surface area contributed by atoms with E-state index in [1.54, 1.807) is 7.11 Å². The van der Waals surface area contributed by atoms with Gasteiger partial charge in [0.1, 0.15) is 5.75 Å². The van der Waals surface area contributed by atoms with Crippen molar-refractivity contribution in [2.24, 2.45) is 0 Å². The highest BCUT2D eigenvalue weighted by atomic mass is 16.5. The SMILES string of the molecule is CCCNCCCCCCN(C)c1ccc(OC)cc1. The fourth-order valence-corrected chi connectivity index (χ4v) is 2.22. The zero-order valence-electron chi connectivity index (χ0n) is 13.3. The second-order valence-electron chi connectivity index (χ2n) is 5.28. The molecule has 114 valence electrons. The maximum atomic E-state index is 5.18. The van der Waals surface area contributed by atoms with Gasteiger partial charge in [-0.15, -0.1) is 0 Å². The smallest absolute Gasteiger partial charge is 0.119 e. The van der Waals surface area contributed by atoms with Gasteiger partial charge in [0.25, 0.3) is 0 Å². The van der Waals surface area contributed by atoms with Crippen LogP contribution in [0.1, 0.15) is 39.0 Å². The van der Waals surface area contributed by atoms with Gasteiger partial charge in [-0.05, 0) is 56.6 Å². The summed E-state index contributed by atoms with van der Waals surface area (Å²) >= 11 is 0. The Bertz CT molecular complexity index is 337. The number of benzene rings is 1. The summed E-state index contributed by atoms with van der Waals surface area (Å²) in [6.07, 6.45) is 6.43.